The van der Waals surface area contributed by atoms with Gasteiger partial charge in [-0.3, -0.25) is 14.9 Å². The molecule has 0 aliphatic carbocycles. The Morgan fingerprint density at radius 2 is 2.29 bits per heavy atom. The van der Waals surface area contributed by atoms with Crippen LogP contribution >= 0.6 is 0 Å². The summed E-state index contributed by atoms with van der Waals surface area (Å²) in [5.74, 6) is 0.649. The van der Waals surface area contributed by atoms with Gasteiger partial charge in [-0.25, -0.2) is 4.98 Å². The van der Waals surface area contributed by atoms with Gasteiger partial charge in [0.15, 0.2) is 0 Å². The molecule has 0 atom stereocenters. The molecule has 0 saturated carbocycles. The zero-order valence-electron chi connectivity index (χ0n) is 12.2. The van der Waals surface area contributed by atoms with Crippen molar-refractivity contribution < 1.29 is 9.53 Å². The molecular weight excluding hydrogens is 270 g/mol. The molecule has 21 heavy (non-hydrogen) atoms. The first-order valence-electron chi connectivity index (χ1n) is 6.84. The number of rotatable bonds is 7. The lowest BCUT2D eigenvalue weighted by Crippen LogP contribution is -2.34. The Labute approximate surface area is 123 Å². The number of aromatic amines is 1. The minimum Gasteiger partial charge on any atom is -0.383 e. The van der Waals surface area contributed by atoms with E-state index in [0.717, 1.165) is 5.69 Å². The topological polar surface area (TPSA) is 84.0 Å². The Kier molecular flexibility index (Phi) is 5.39. The van der Waals surface area contributed by atoms with Gasteiger partial charge in [0.25, 0.3) is 5.91 Å². The molecule has 0 aliphatic heterocycles. The molecule has 1 amide bonds. The molecule has 0 bridgehead atoms. The highest BCUT2D eigenvalue weighted by molar-refractivity contribution is 5.90. The molecule has 7 nitrogen and oxygen atoms in total. The number of ether oxygens (including phenoxy) is 1. The smallest absolute Gasteiger partial charge is 0.293 e. The van der Waals surface area contributed by atoms with Crippen molar-refractivity contribution in [2.45, 2.75) is 19.9 Å². The van der Waals surface area contributed by atoms with Gasteiger partial charge in [-0.2, -0.15) is 0 Å². The quantitative estimate of drug-likeness (QED) is 0.823. The van der Waals surface area contributed by atoms with Crippen molar-refractivity contribution in [1.82, 2.24) is 25.1 Å². The molecule has 0 fully saturated rings. The van der Waals surface area contributed by atoms with E-state index >= 15 is 0 Å². The van der Waals surface area contributed by atoms with Crippen LogP contribution in [0.4, 0.5) is 0 Å². The van der Waals surface area contributed by atoms with Crippen LogP contribution in [0.5, 0.6) is 0 Å². The van der Waals surface area contributed by atoms with Crippen LogP contribution < -0.4 is 0 Å². The summed E-state index contributed by atoms with van der Waals surface area (Å²) in [5.41, 5.74) is 0.813. The van der Waals surface area contributed by atoms with Crippen LogP contribution in [0.25, 0.3) is 0 Å². The molecular formula is C14H19N5O2. The van der Waals surface area contributed by atoms with Crippen LogP contribution in [-0.4, -0.2) is 51.2 Å². The Morgan fingerprint density at radius 1 is 1.43 bits per heavy atom. The first-order chi connectivity index (χ1) is 10.2. The number of carbonyl (C=O) groups is 1. The van der Waals surface area contributed by atoms with E-state index in [1.807, 2.05) is 25.1 Å². The van der Waals surface area contributed by atoms with Crippen molar-refractivity contribution in [3.05, 3.63) is 41.7 Å². The van der Waals surface area contributed by atoms with Crippen LogP contribution in [0.2, 0.25) is 0 Å². The third-order valence-electron chi connectivity index (χ3n) is 2.99. The van der Waals surface area contributed by atoms with Gasteiger partial charge < -0.3 is 9.64 Å². The number of aryl methyl sites for hydroxylation is 1. The van der Waals surface area contributed by atoms with E-state index in [9.17, 15) is 4.79 Å². The molecule has 2 aromatic heterocycles. The number of nitrogens with zero attached hydrogens (tertiary/aromatic N) is 4. The van der Waals surface area contributed by atoms with Crippen LogP contribution in [0.1, 0.15) is 29.1 Å². The minimum atomic E-state index is -0.228. The third kappa shape index (κ3) is 4.09. The zero-order chi connectivity index (χ0) is 15.1. The number of H-pyrrole nitrogens is 1. The highest BCUT2D eigenvalue weighted by Crippen LogP contribution is 2.06. The summed E-state index contributed by atoms with van der Waals surface area (Å²) in [7, 11) is 1.60. The average Bonchev–Trinajstić information content (AvgIpc) is 3.00. The molecule has 0 saturated heterocycles. The maximum Gasteiger partial charge on any atom is 0.293 e. The molecule has 0 unspecified atom stereocenters. The number of aromatic nitrogens is 4. The molecule has 0 aromatic carbocycles. The van der Waals surface area contributed by atoms with Gasteiger partial charge in [-0.1, -0.05) is 13.0 Å². The number of methoxy groups -OCH3 is 1. The van der Waals surface area contributed by atoms with E-state index in [0.29, 0.717) is 31.9 Å². The van der Waals surface area contributed by atoms with E-state index in [4.69, 9.17) is 4.74 Å². The number of hydrogen-bond acceptors (Lipinski definition) is 5. The summed E-state index contributed by atoms with van der Waals surface area (Å²) in [6.07, 6.45) is 2.41. The fourth-order valence-electron chi connectivity index (χ4n) is 1.83. The van der Waals surface area contributed by atoms with Gasteiger partial charge in [0.05, 0.1) is 18.8 Å². The first kappa shape index (κ1) is 15.1. The number of carbonyl (C=O) groups excluding carboxylic acids is 1. The van der Waals surface area contributed by atoms with Crippen LogP contribution in [0.3, 0.4) is 0 Å². The molecule has 2 aromatic rings. The van der Waals surface area contributed by atoms with Crippen molar-refractivity contribution in [3.8, 4) is 0 Å². The normalized spacial score (nSPS) is 10.6. The van der Waals surface area contributed by atoms with E-state index in [2.05, 4.69) is 20.2 Å². The maximum absolute atomic E-state index is 12.5. The van der Waals surface area contributed by atoms with E-state index in [1.54, 1.807) is 18.2 Å². The molecule has 0 spiro atoms. The predicted octanol–water partition coefficient (Wildman–Crippen LogP) is 1.05. The Balaban J connectivity index is 2.12. The van der Waals surface area contributed by atoms with E-state index < -0.39 is 0 Å². The summed E-state index contributed by atoms with van der Waals surface area (Å²) >= 11 is 0. The van der Waals surface area contributed by atoms with Crippen LogP contribution in [0, 0.1) is 0 Å². The van der Waals surface area contributed by atoms with E-state index in [-0.39, 0.29) is 11.7 Å². The highest BCUT2D eigenvalue weighted by Gasteiger charge is 2.20. The second kappa shape index (κ2) is 7.49. The summed E-state index contributed by atoms with van der Waals surface area (Å²) in [5, 5.41) is 6.72. The average molecular weight is 289 g/mol. The highest BCUT2D eigenvalue weighted by atomic mass is 16.5. The lowest BCUT2D eigenvalue weighted by Gasteiger charge is -2.20. The lowest BCUT2D eigenvalue weighted by molar-refractivity contribution is 0.0666. The summed E-state index contributed by atoms with van der Waals surface area (Å²) in [6.45, 7) is 3.26. The summed E-state index contributed by atoms with van der Waals surface area (Å²) in [6, 6.07) is 5.61. The lowest BCUT2D eigenvalue weighted by atomic mass is 10.3. The Morgan fingerprint density at radius 3 is 2.90 bits per heavy atom. The van der Waals surface area contributed by atoms with Gasteiger partial charge in [-0.05, 0) is 12.1 Å². The van der Waals surface area contributed by atoms with Gasteiger partial charge in [-0.15, -0.1) is 5.10 Å². The molecule has 0 radical (unpaired) electrons. The van der Waals surface area contributed by atoms with Gasteiger partial charge >= 0.3 is 0 Å². The molecule has 1 N–H and O–H groups in total. The molecule has 2 rings (SSSR count). The van der Waals surface area contributed by atoms with Crippen molar-refractivity contribution >= 4 is 5.91 Å². The second-order valence-corrected chi connectivity index (χ2v) is 4.50. The van der Waals surface area contributed by atoms with Crippen LogP contribution in [0.15, 0.2) is 24.4 Å². The number of pyridine rings is 1. The molecule has 0 aliphatic rings. The Hall–Kier alpha value is -2.28. The van der Waals surface area contributed by atoms with Crippen molar-refractivity contribution in [2.75, 3.05) is 20.3 Å². The molecule has 7 heteroatoms. The Bertz CT molecular complexity index is 570. The number of amides is 1. The van der Waals surface area contributed by atoms with Gasteiger partial charge in [0.1, 0.15) is 5.82 Å². The van der Waals surface area contributed by atoms with Crippen molar-refractivity contribution in [2.24, 2.45) is 0 Å². The third-order valence-corrected chi connectivity index (χ3v) is 2.99. The van der Waals surface area contributed by atoms with E-state index in [1.165, 1.54) is 0 Å². The van der Waals surface area contributed by atoms with Crippen LogP contribution in [-0.2, 0) is 17.7 Å². The number of hydrogen-bond donors (Lipinski definition) is 1. The summed E-state index contributed by atoms with van der Waals surface area (Å²) in [4.78, 5) is 22.5. The predicted molar refractivity (Wildman–Crippen MR) is 76.6 cm³/mol. The molecule has 112 valence electrons. The minimum absolute atomic E-state index is 0.180. The van der Waals surface area contributed by atoms with Crippen molar-refractivity contribution in [3.63, 3.8) is 0 Å². The zero-order valence-corrected chi connectivity index (χ0v) is 12.2. The SMILES string of the molecule is CCc1nc(C(=O)N(CCOC)Cc2ccccn2)n[nH]1. The standard InChI is InChI=1S/C14H19N5O2/c1-3-12-16-13(18-17-12)14(20)19(8-9-21-2)10-11-6-4-5-7-15-11/h4-7H,3,8-10H2,1-2H3,(H,16,17,18). The fourth-order valence-corrected chi connectivity index (χ4v) is 1.83. The largest absolute Gasteiger partial charge is 0.383 e. The van der Waals surface area contributed by atoms with Gasteiger partial charge in [0.2, 0.25) is 5.82 Å². The first-order valence-corrected chi connectivity index (χ1v) is 6.84. The van der Waals surface area contributed by atoms with Gasteiger partial charge in [0, 0.05) is 26.3 Å². The van der Waals surface area contributed by atoms with Crippen molar-refractivity contribution in [1.29, 1.82) is 0 Å². The maximum atomic E-state index is 12.5. The summed E-state index contributed by atoms with van der Waals surface area (Å²) < 4.78 is 5.06. The number of nitrogens with one attached hydrogen (secondary N) is 1. The second-order valence-electron chi connectivity index (χ2n) is 4.50. The monoisotopic (exact) mass is 289 g/mol. The molecule has 2 heterocycles. The fraction of sp³-hybridized carbons (Fsp3) is 0.429.